The van der Waals surface area contributed by atoms with Gasteiger partial charge in [-0.15, -0.1) is 0 Å². The molecule has 1 N–H and O–H groups in total. The summed E-state index contributed by atoms with van der Waals surface area (Å²) < 4.78 is 11.1. The van der Waals surface area contributed by atoms with E-state index in [2.05, 4.69) is 4.98 Å². The number of pyridine rings is 1. The van der Waals surface area contributed by atoms with Crippen molar-refractivity contribution >= 4 is 0 Å². The predicted octanol–water partition coefficient (Wildman–Crippen LogP) is 3.03. The zero-order chi connectivity index (χ0) is 14.2. The summed E-state index contributed by atoms with van der Waals surface area (Å²) in [5.74, 6) is 1.55. The van der Waals surface area contributed by atoms with Crippen molar-refractivity contribution in [1.82, 2.24) is 4.98 Å². The Morgan fingerprint density at radius 3 is 3.05 bits per heavy atom. The van der Waals surface area contributed by atoms with Crippen LogP contribution in [0.1, 0.15) is 43.6 Å². The van der Waals surface area contributed by atoms with E-state index in [9.17, 15) is 5.11 Å². The number of nitrogens with zero attached hydrogens (tertiary/aromatic N) is 1. The summed E-state index contributed by atoms with van der Waals surface area (Å²) in [5, 5.41) is 11.1. The summed E-state index contributed by atoms with van der Waals surface area (Å²) in [6.45, 7) is 3.94. The molecule has 20 heavy (non-hydrogen) atoms. The number of aromatic nitrogens is 1. The van der Waals surface area contributed by atoms with Crippen LogP contribution in [0.5, 0.6) is 5.75 Å². The summed E-state index contributed by atoms with van der Waals surface area (Å²) in [5.41, 5.74) is 0.592. The Hall–Kier alpha value is -1.81. The molecule has 3 rings (SSSR count). The quantitative estimate of drug-likeness (QED) is 0.934. The van der Waals surface area contributed by atoms with Crippen LogP contribution in [0.3, 0.4) is 0 Å². The van der Waals surface area contributed by atoms with Crippen LogP contribution in [-0.2, 0) is 12.0 Å². The molecule has 1 aliphatic rings. The maximum Gasteiger partial charge on any atom is 0.138 e. The van der Waals surface area contributed by atoms with E-state index in [1.807, 2.05) is 26.0 Å². The second kappa shape index (κ2) is 4.94. The van der Waals surface area contributed by atoms with E-state index in [1.165, 1.54) is 0 Å². The average Bonchev–Trinajstić information content (AvgIpc) is 2.88. The van der Waals surface area contributed by atoms with Gasteiger partial charge < -0.3 is 14.3 Å². The summed E-state index contributed by atoms with van der Waals surface area (Å²) in [6.07, 6.45) is 7.54. The maximum absolute atomic E-state index is 11.1. The fourth-order valence-electron chi connectivity index (χ4n) is 2.82. The van der Waals surface area contributed by atoms with E-state index in [4.69, 9.17) is 9.15 Å². The molecule has 2 aromatic heterocycles. The first-order valence-electron chi connectivity index (χ1n) is 7.01. The molecule has 0 saturated heterocycles. The third-order valence-corrected chi connectivity index (χ3v) is 3.70. The minimum atomic E-state index is -1.02. The van der Waals surface area contributed by atoms with Gasteiger partial charge in [-0.3, -0.25) is 4.98 Å². The molecule has 0 saturated carbocycles. The highest BCUT2D eigenvalue weighted by Gasteiger charge is 2.38. The van der Waals surface area contributed by atoms with Crippen molar-refractivity contribution in [1.29, 1.82) is 0 Å². The highest BCUT2D eigenvalue weighted by atomic mass is 16.5. The Morgan fingerprint density at radius 2 is 2.25 bits per heavy atom. The molecule has 0 bridgehead atoms. The summed E-state index contributed by atoms with van der Waals surface area (Å²) in [7, 11) is 0. The Labute approximate surface area is 118 Å². The van der Waals surface area contributed by atoms with Gasteiger partial charge in [-0.25, -0.2) is 0 Å². The number of fused-ring (bicyclic) bond motifs is 1. The van der Waals surface area contributed by atoms with Crippen molar-refractivity contribution in [3.8, 4) is 5.75 Å². The molecule has 106 valence electrons. The standard InChI is InChI=1S/C16H19NO3/c1-11(2)20-13-8-12(9-17-10-13)16(18)6-3-4-15-14(16)5-7-19-15/h5,7-11,18H,3-4,6H2,1-2H3. The lowest BCUT2D eigenvalue weighted by Crippen LogP contribution is -2.31. The predicted molar refractivity (Wildman–Crippen MR) is 74.6 cm³/mol. The van der Waals surface area contributed by atoms with Gasteiger partial charge in [-0.2, -0.15) is 0 Å². The fourth-order valence-corrected chi connectivity index (χ4v) is 2.82. The van der Waals surface area contributed by atoms with Gasteiger partial charge in [-0.1, -0.05) is 0 Å². The molecule has 0 radical (unpaired) electrons. The number of aryl methyl sites for hydroxylation is 1. The van der Waals surface area contributed by atoms with Crippen LogP contribution in [0.25, 0.3) is 0 Å². The molecule has 4 heteroatoms. The zero-order valence-electron chi connectivity index (χ0n) is 11.8. The highest BCUT2D eigenvalue weighted by Crippen LogP contribution is 2.41. The second-order valence-corrected chi connectivity index (χ2v) is 5.55. The van der Waals surface area contributed by atoms with Crippen molar-refractivity contribution in [3.05, 3.63) is 47.7 Å². The number of furan rings is 1. The summed E-state index contributed by atoms with van der Waals surface area (Å²) in [6, 6.07) is 3.72. The van der Waals surface area contributed by atoms with Crippen LogP contribution < -0.4 is 4.74 Å². The number of hydrogen-bond acceptors (Lipinski definition) is 4. The minimum absolute atomic E-state index is 0.0811. The molecule has 0 amide bonds. The fraction of sp³-hybridized carbons (Fsp3) is 0.438. The van der Waals surface area contributed by atoms with Gasteiger partial charge in [0, 0.05) is 23.7 Å². The first kappa shape index (κ1) is 13.2. The Morgan fingerprint density at radius 1 is 1.40 bits per heavy atom. The van der Waals surface area contributed by atoms with Crippen LogP contribution >= 0.6 is 0 Å². The van der Waals surface area contributed by atoms with Crippen LogP contribution in [0.15, 0.2) is 35.2 Å². The van der Waals surface area contributed by atoms with Gasteiger partial charge in [-0.05, 0) is 38.8 Å². The molecule has 4 nitrogen and oxygen atoms in total. The molecule has 0 spiro atoms. The average molecular weight is 273 g/mol. The van der Waals surface area contributed by atoms with E-state index >= 15 is 0 Å². The first-order valence-corrected chi connectivity index (χ1v) is 7.01. The molecular formula is C16H19NO3. The third kappa shape index (κ3) is 2.20. The number of aliphatic hydroxyl groups is 1. The van der Waals surface area contributed by atoms with E-state index < -0.39 is 5.60 Å². The molecule has 1 aliphatic carbocycles. The van der Waals surface area contributed by atoms with Gasteiger partial charge in [0.05, 0.1) is 18.6 Å². The Kier molecular flexibility index (Phi) is 3.26. The van der Waals surface area contributed by atoms with Gasteiger partial charge in [0.2, 0.25) is 0 Å². The topological polar surface area (TPSA) is 55.5 Å². The molecule has 0 aromatic carbocycles. The van der Waals surface area contributed by atoms with Crippen molar-refractivity contribution in [2.75, 3.05) is 0 Å². The maximum atomic E-state index is 11.1. The largest absolute Gasteiger partial charge is 0.489 e. The number of rotatable bonds is 3. The van der Waals surface area contributed by atoms with Crippen LogP contribution in [0.2, 0.25) is 0 Å². The van der Waals surface area contributed by atoms with Gasteiger partial charge >= 0.3 is 0 Å². The van der Waals surface area contributed by atoms with Gasteiger partial charge in [0.25, 0.3) is 0 Å². The van der Waals surface area contributed by atoms with E-state index in [0.29, 0.717) is 12.2 Å². The lowest BCUT2D eigenvalue weighted by Gasteiger charge is -2.32. The molecule has 2 aromatic rings. The molecular weight excluding hydrogens is 254 g/mol. The highest BCUT2D eigenvalue weighted by molar-refractivity contribution is 5.40. The number of ether oxygens (including phenoxy) is 1. The van der Waals surface area contributed by atoms with Crippen molar-refractivity contribution in [3.63, 3.8) is 0 Å². The lowest BCUT2D eigenvalue weighted by atomic mass is 9.78. The van der Waals surface area contributed by atoms with Gasteiger partial charge in [0.1, 0.15) is 17.1 Å². The smallest absolute Gasteiger partial charge is 0.138 e. The minimum Gasteiger partial charge on any atom is -0.489 e. The first-order chi connectivity index (χ1) is 9.59. The van der Waals surface area contributed by atoms with Crippen LogP contribution in [0.4, 0.5) is 0 Å². The lowest BCUT2D eigenvalue weighted by molar-refractivity contribution is 0.0581. The summed E-state index contributed by atoms with van der Waals surface area (Å²) in [4.78, 5) is 4.20. The SMILES string of the molecule is CC(C)Oc1cncc(C2(O)CCCc3occc32)c1. The molecule has 0 aliphatic heterocycles. The normalized spacial score (nSPS) is 21.8. The van der Waals surface area contributed by atoms with Crippen LogP contribution in [-0.4, -0.2) is 16.2 Å². The second-order valence-electron chi connectivity index (χ2n) is 5.55. The van der Waals surface area contributed by atoms with E-state index in [0.717, 1.165) is 29.7 Å². The van der Waals surface area contributed by atoms with Crippen LogP contribution in [0, 0.1) is 0 Å². The Balaban J connectivity index is 2.01. The Bertz CT molecular complexity index is 605. The molecule has 0 fully saturated rings. The monoisotopic (exact) mass is 273 g/mol. The van der Waals surface area contributed by atoms with Crippen molar-refractivity contribution < 1.29 is 14.3 Å². The van der Waals surface area contributed by atoms with Crippen molar-refractivity contribution in [2.45, 2.75) is 44.8 Å². The zero-order valence-corrected chi connectivity index (χ0v) is 11.8. The third-order valence-electron chi connectivity index (χ3n) is 3.70. The summed E-state index contributed by atoms with van der Waals surface area (Å²) >= 11 is 0. The molecule has 1 unspecified atom stereocenters. The van der Waals surface area contributed by atoms with Gasteiger partial charge in [0.15, 0.2) is 0 Å². The molecule has 2 heterocycles. The van der Waals surface area contributed by atoms with E-state index in [-0.39, 0.29) is 6.10 Å². The number of hydrogen-bond donors (Lipinski definition) is 1. The van der Waals surface area contributed by atoms with E-state index in [1.54, 1.807) is 18.7 Å². The van der Waals surface area contributed by atoms with Crippen molar-refractivity contribution in [2.24, 2.45) is 0 Å². The molecule has 1 atom stereocenters.